The Bertz CT molecular complexity index is 1030. The molecule has 0 spiro atoms. The van der Waals surface area contributed by atoms with E-state index in [1.54, 1.807) is 12.1 Å². The van der Waals surface area contributed by atoms with E-state index in [1.165, 1.54) is 0 Å². The van der Waals surface area contributed by atoms with Crippen LogP contribution in [0.3, 0.4) is 0 Å². The molecule has 2 aromatic rings. The molecule has 0 radical (unpaired) electrons. The van der Waals surface area contributed by atoms with Crippen molar-refractivity contribution in [1.29, 1.82) is 0 Å². The summed E-state index contributed by atoms with van der Waals surface area (Å²) in [5.41, 5.74) is 1.72. The van der Waals surface area contributed by atoms with Crippen LogP contribution >= 0.6 is 0 Å². The van der Waals surface area contributed by atoms with Crippen LogP contribution in [0.5, 0.6) is 17.2 Å². The Balaban J connectivity index is 1.30. The van der Waals surface area contributed by atoms with Gasteiger partial charge in [-0.25, -0.2) is 0 Å². The van der Waals surface area contributed by atoms with Gasteiger partial charge in [0.05, 0.1) is 19.8 Å². The molecule has 3 fully saturated rings. The smallest absolute Gasteiger partial charge is 0.229 e. The first kappa shape index (κ1) is 25.0. The third-order valence-electron chi connectivity index (χ3n) is 6.03. The number of aliphatic hydroxyl groups is 4. The summed E-state index contributed by atoms with van der Waals surface area (Å²) in [4.78, 5) is 0. The summed E-state index contributed by atoms with van der Waals surface area (Å²) in [6.07, 6.45) is -2.81. The lowest BCUT2D eigenvalue weighted by atomic mass is 9.99. The van der Waals surface area contributed by atoms with Crippen molar-refractivity contribution in [3.63, 3.8) is 0 Å². The molecule has 10 heteroatoms. The Morgan fingerprint density at radius 3 is 2.00 bits per heavy atom. The Labute approximate surface area is 208 Å². The molecule has 3 aliphatic rings. The predicted octanol–water partition coefficient (Wildman–Crippen LogP) is 0.591. The van der Waals surface area contributed by atoms with Crippen molar-refractivity contribution < 1.29 is 48.8 Å². The predicted molar refractivity (Wildman–Crippen MR) is 127 cm³/mol. The lowest BCUT2D eigenvalue weighted by Gasteiger charge is -2.39. The van der Waals surface area contributed by atoms with E-state index in [0.29, 0.717) is 31.3 Å². The topological polar surface area (TPSA) is 143 Å². The molecule has 194 valence electrons. The first-order chi connectivity index (χ1) is 17.5. The van der Waals surface area contributed by atoms with Crippen molar-refractivity contribution in [2.24, 2.45) is 0 Å². The summed E-state index contributed by atoms with van der Waals surface area (Å²) in [6.45, 7) is 1.80. The zero-order valence-electron chi connectivity index (χ0n) is 19.5. The van der Waals surface area contributed by atoms with Crippen LogP contribution in [0, 0.1) is 0 Å². The van der Waals surface area contributed by atoms with E-state index in [2.05, 4.69) is 0 Å². The van der Waals surface area contributed by atoms with Crippen molar-refractivity contribution in [1.82, 2.24) is 0 Å². The molecule has 0 aromatic heterocycles. The fourth-order valence-corrected chi connectivity index (χ4v) is 3.71. The molecule has 2 unspecified atom stereocenters. The molecular formula is C26H30O10. The van der Waals surface area contributed by atoms with Crippen molar-refractivity contribution >= 4 is 12.2 Å². The molecule has 4 N–H and O–H groups in total. The second kappa shape index (κ2) is 11.1. The Morgan fingerprint density at radius 2 is 1.36 bits per heavy atom. The number of hydrogen-bond acceptors (Lipinski definition) is 10. The second-order valence-electron chi connectivity index (χ2n) is 8.99. The summed E-state index contributed by atoms with van der Waals surface area (Å²) in [5, 5.41) is 39.8. The maximum absolute atomic E-state index is 10.3. The molecule has 0 bridgehead atoms. The molecule has 0 aliphatic carbocycles. The van der Waals surface area contributed by atoms with Crippen LogP contribution in [0.25, 0.3) is 12.2 Å². The SMILES string of the molecule is OC[C@H]1O[C@@H](Oc2cc(/C=C/c3ccc(OCC4CO4)cc3)cc(OCC3CO3)c2)[C@H](O)[C@@H](O)[C@@H]1O. The molecular weight excluding hydrogens is 472 g/mol. The number of rotatable bonds is 11. The number of hydrogen-bond donors (Lipinski definition) is 4. The average molecular weight is 503 g/mol. The van der Waals surface area contributed by atoms with Crippen LogP contribution in [-0.4, -0.2) is 96.4 Å². The van der Waals surface area contributed by atoms with Crippen LogP contribution in [0.2, 0.25) is 0 Å². The molecule has 5 rings (SSSR count). The van der Waals surface area contributed by atoms with Gasteiger partial charge >= 0.3 is 0 Å². The molecule has 3 aliphatic heterocycles. The number of aliphatic hydroxyl groups excluding tert-OH is 4. The maximum atomic E-state index is 10.3. The summed E-state index contributed by atoms with van der Waals surface area (Å²) in [6, 6.07) is 12.9. The number of ether oxygens (including phenoxy) is 6. The average Bonchev–Trinajstić information content (AvgIpc) is 3.81. The molecule has 3 heterocycles. The van der Waals surface area contributed by atoms with Gasteiger partial charge in [0.15, 0.2) is 0 Å². The lowest BCUT2D eigenvalue weighted by Crippen LogP contribution is -2.60. The van der Waals surface area contributed by atoms with Gasteiger partial charge in [0.2, 0.25) is 6.29 Å². The van der Waals surface area contributed by atoms with Crippen molar-refractivity contribution in [2.45, 2.75) is 42.9 Å². The molecule has 10 nitrogen and oxygen atoms in total. The third kappa shape index (κ3) is 6.54. The standard InChI is InChI=1S/C26H30O10/c27-10-22-23(28)24(29)25(30)26(36-22)35-19-8-16(7-18(9-19)32-12-21-14-34-21)2-1-15-3-5-17(6-4-15)31-11-20-13-33-20/h1-9,20-30H,10-14H2/b2-1+/t20?,21?,22-,23-,24+,25-,26-/m1/s1. The van der Waals surface area contributed by atoms with Gasteiger partial charge in [-0.15, -0.1) is 0 Å². The number of epoxide rings is 2. The summed E-state index contributed by atoms with van der Waals surface area (Å²) >= 11 is 0. The van der Waals surface area contributed by atoms with E-state index in [0.717, 1.165) is 23.5 Å². The highest BCUT2D eigenvalue weighted by molar-refractivity contribution is 5.71. The summed E-state index contributed by atoms with van der Waals surface area (Å²) < 4.78 is 33.1. The van der Waals surface area contributed by atoms with Crippen molar-refractivity contribution in [2.75, 3.05) is 33.0 Å². The molecule has 7 atom stereocenters. The molecule has 0 saturated carbocycles. The minimum absolute atomic E-state index is 0.0613. The van der Waals surface area contributed by atoms with Crippen LogP contribution < -0.4 is 14.2 Å². The zero-order valence-corrected chi connectivity index (χ0v) is 19.5. The van der Waals surface area contributed by atoms with Gasteiger partial charge in [-0.05, 0) is 35.4 Å². The molecule has 36 heavy (non-hydrogen) atoms. The summed E-state index contributed by atoms with van der Waals surface area (Å²) in [5.74, 6) is 1.62. The van der Waals surface area contributed by atoms with Gasteiger partial charge in [0.1, 0.15) is 67.1 Å². The van der Waals surface area contributed by atoms with Crippen LogP contribution in [-0.2, 0) is 14.2 Å². The summed E-state index contributed by atoms with van der Waals surface area (Å²) in [7, 11) is 0. The minimum atomic E-state index is -1.53. The number of benzene rings is 2. The Hall–Kier alpha value is -2.70. The normalized spacial score (nSPS) is 31.3. The first-order valence-corrected chi connectivity index (χ1v) is 11.9. The van der Waals surface area contributed by atoms with Crippen LogP contribution in [0.4, 0.5) is 0 Å². The molecule has 0 amide bonds. The fraction of sp³-hybridized carbons (Fsp3) is 0.462. The van der Waals surface area contributed by atoms with Gasteiger partial charge < -0.3 is 48.8 Å². The van der Waals surface area contributed by atoms with E-state index < -0.39 is 37.3 Å². The third-order valence-corrected chi connectivity index (χ3v) is 6.03. The quantitative estimate of drug-likeness (QED) is 0.255. The van der Waals surface area contributed by atoms with E-state index in [9.17, 15) is 20.4 Å². The highest BCUT2D eigenvalue weighted by Gasteiger charge is 2.44. The second-order valence-corrected chi connectivity index (χ2v) is 8.99. The zero-order chi connectivity index (χ0) is 25.1. The van der Waals surface area contributed by atoms with Crippen LogP contribution in [0.15, 0.2) is 42.5 Å². The first-order valence-electron chi connectivity index (χ1n) is 11.9. The molecule has 2 aromatic carbocycles. The monoisotopic (exact) mass is 502 g/mol. The lowest BCUT2D eigenvalue weighted by molar-refractivity contribution is -0.277. The van der Waals surface area contributed by atoms with E-state index in [1.807, 2.05) is 42.5 Å². The van der Waals surface area contributed by atoms with E-state index in [4.69, 9.17) is 28.4 Å². The van der Waals surface area contributed by atoms with Gasteiger partial charge in [-0.1, -0.05) is 24.3 Å². The molecule has 3 saturated heterocycles. The Kier molecular flexibility index (Phi) is 7.73. The Morgan fingerprint density at radius 1 is 0.750 bits per heavy atom. The fourth-order valence-electron chi connectivity index (χ4n) is 3.71. The van der Waals surface area contributed by atoms with Gasteiger partial charge in [-0.2, -0.15) is 0 Å². The largest absolute Gasteiger partial charge is 0.491 e. The van der Waals surface area contributed by atoms with Crippen molar-refractivity contribution in [3.8, 4) is 17.2 Å². The van der Waals surface area contributed by atoms with E-state index >= 15 is 0 Å². The van der Waals surface area contributed by atoms with Crippen LogP contribution in [0.1, 0.15) is 11.1 Å². The highest BCUT2D eigenvalue weighted by Crippen LogP contribution is 2.29. The van der Waals surface area contributed by atoms with Gasteiger partial charge in [0.25, 0.3) is 0 Å². The maximum Gasteiger partial charge on any atom is 0.229 e. The van der Waals surface area contributed by atoms with Gasteiger partial charge in [-0.3, -0.25) is 0 Å². The van der Waals surface area contributed by atoms with Gasteiger partial charge in [0, 0.05) is 6.07 Å². The highest BCUT2D eigenvalue weighted by atomic mass is 16.7. The minimum Gasteiger partial charge on any atom is -0.491 e. The van der Waals surface area contributed by atoms with E-state index in [-0.39, 0.29) is 12.2 Å². The van der Waals surface area contributed by atoms with Crippen molar-refractivity contribution in [3.05, 3.63) is 53.6 Å².